The molecule has 0 aromatic heterocycles. The number of urea groups is 1. The maximum Gasteiger partial charge on any atom is 0.323 e. The van der Waals surface area contributed by atoms with Crippen molar-refractivity contribution in [3.05, 3.63) is 0 Å². The topological polar surface area (TPSA) is 78.5 Å². The van der Waals surface area contributed by atoms with Crippen LogP contribution in [-0.4, -0.2) is 71.5 Å². The molecule has 8 heteroatoms. The maximum atomic E-state index is 11.9. The van der Waals surface area contributed by atoms with E-state index in [1.165, 1.54) is 40.4 Å². The van der Waals surface area contributed by atoms with Crippen LogP contribution in [0.15, 0.2) is 0 Å². The smallest absolute Gasteiger partial charge is 0.323 e. The third-order valence-electron chi connectivity index (χ3n) is 2.74. The molecule has 0 aromatic carbocycles. The van der Waals surface area contributed by atoms with E-state index in [0.29, 0.717) is 0 Å². The molecule has 1 saturated heterocycles. The van der Waals surface area contributed by atoms with E-state index in [-0.39, 0.29) is 6.03 Å². The quantitative estimate of drug-likeness (QED) is 0.627. The molecule has 3 unspecified atom stereocenters. The van der Waals surface area contributed by atoms with Gasteiger partial charge in [0.2, 0.25) is 6.29 Å². The molecule has 1 fully saturated rings. The summed E-state index contributed by atoms with van der Waals surface area (Å²) in [7, 11) is 7.33. The van der Waals surface area contributed by atoms with Gasteiger partial charge in [0.25, 0.3) is 0 Å². The van der Waals surface area contributed by atoms with Crippen molar-refractivity contribution in [1.29, 1.82) is 0 Å². The van der Waals surface area contributed by atoms with Crippen molar-refractivity contribution in [2.24, 2.45) is 0 Å². The van der Waals surface area contributed by atoms with Gasteiger partial charge in [-0.3, -0.25) is 4.90 Å². The molecular formula is C10H20N2O6. The Bertz CT molecular complexity index is 273. The van der Waals surface area contributed by atoms with Crippen LogP contribution in [0.2, 0.25) is 0 Å². The van der Waals surface area contributed by atoms with Crippen LogP contribution in [0.5, 0.6) is 0 Å². The fourth-order valence-electron chi connectivity index (χ4n) is 1.89. The molecule has 0 spiro atoms. The first-order chi connectivity index (χ1) is 8.64. The van der Waals surface area contributed by atoms with Crippen LogP contribution >= 0.6 is 0 Å². The summed E-state index contributed by atoms with van der Waals surface area (Å²) in [5.74, 6) is 0. The van der Waals surface area contributed by atoms with Gasteiger partial charge >= 0.3 is 6.03 Å². The Labute approximate surface area is 106 Å². The van der Waals surface area contributed by atoms with Crippen LogP contribution in [0.25, 0.3) is 0 Å². The van der Waals surface area contributed by atoms with Crippen LogP contribution in [-0.2, 0) is 23.7 Å². The number of methoxy groups -OCH3 is 5. The van der Waals surface area contributed by atoms with Crippen molar-refractivity contribution in [3.63, 3.8) is 0 Å². The second-order valence-electron chi connectivity index (χ2n) is 3.61. The molecule has 1 rings (SSSR count). The summed E-state index contributed by atoms with van der Waals surface area (Å²) in [5, 5.41) is 2.62. The lowest BCUT2D eigenvalue weighted by atomic mass is 10.4. The minimum absolute atomic E-state index is 0.375. The number of nitrogens with zero attached hydrogens (tertiary/aromatic N) is 1. The van der Waals surface area contributed by atoms with E-state index in [1.54, 1.807) is 0 Å². The number of ether oxygens (including phenoxy) is 5. The summed E-state index contributed by atoms with van der Waals surface area (Å²) >= 11 is 0. The SMILES string of the molecule is COC1NC(=O)N(C(OC)C(OC)OC)C1OC. The Balaban J connectivity index is 2.92. The van der Waals surface area contributed by atoms with Crippen molar-refractivity contribution in [2.45, 2.75) is 25.0 Å². The Morgan fingerprint density at radius 2 is 1.67 bits per heavy atom. The fraction of sp³-hybridized carbons (Fsp3) is 0.900. The normalized spacial score (nSPS) is 25.7. The number of hydrogen-bond donors (Lipinski definition) is 1. The molecule has 1 aliphatic heterocycles. The Kier molecular flexibility index (Phi) is 5.76. The maximum absolute atomic E-state index is 11.9. The summed E-state index contributed by atoms with van der Waals surface area (Å²) in [6, 6.07) is -0.375. The largest absolute Gasteiger partial charge is 0.357 e. The van der Waals surface area contributed by atoms with E-state index in [1.807, 2.05) is 0 Å². The van der Waals surface area contributed by atoms with Crippen LogP contribution in [0, 0.1) is 0 Å². The predicted octanol–water partition coefficient (Wildman–Crippen LogP) is -0.452. The summed E-state index contributed by atoms with van der Waals surface area (Å²) in [5.41, 5.74) is 0. The molecule has 0 saturated carbocycles. The summed E-state index contributed by atoms with van der Waals surface area (Å²) < 4.78 is 25.8. The molecule has 1 aliphatic rings. The van der Waals surface area contributed by atoms with Gasteiger partial charge in [0, 0.05) is 35.5 Å². The molecule has 8 nitrogen and oxygen atoms in total. The van der Waals surface area contributed by atoms with E-state index in [9.17, 15) is 4.79 Å². The van der Waals surface area contributed by atoms with E-state index >= 15 is 0 Å². The van der Waals surface area contributed by atoms with Gasteiger partial charge in [0.15, 0.2) is 18.7 Å². The zero-order valence-electron chi connectivity index (χ0n) is 11.2. The molecule has 3 atom stereocenters. The standard InChI is InChI=1S/C10H20N2O6/c1-14-6-7(15-2)12(10(13)11-6)8(16-3)9(17-4)18-5/h6-9H,1-5H3,(H,11,13). The summed E-state index contributed by atoms with van der Waals surface area (Å²) in [6.45, 7) is 0. The number of carbonyl (C=O) groups is 1. The molecule has 106 valence electrons. The highest BCUT2D eigenvalue weighted by atomic mass is 16.7. The lowest BCUT2D eigenvalue weighted by Gasteiger charge is -2.34. The van der Waals surface area contributed by atoms with Crippen LogP contribution in [0.4, 0.5) is 4.79 Å². The van der Waals surface area contributed by atoms with Gasteiger partial charge in [-0.05, 0) is 0 Å². The zero-order valence-corrected chi connectivity index (χ0v) is 11.2. The Morgan fingerprint density at radius 3 is 2.06 bits per heavy atom. The van der Waals surface area contributed by atoms with Crippen LogP contribution < -0.4 is 5.32 Å². The van der Waals surface area contributed by atoms with Crippen molar-refractivity contribution < 1.29 is 28.5 Å². The molecule has 0 aliphatic carbocycles. The fourth-order valence-corrected chi connectivity index (χ4v) is 1.89. The molecule has 0 radical (unpaired) electrons. The first kappa shape index (κ1) is 15.1. The number of nitrogens with one attached hydrogen (secondary N) is 1. The predicted molar refractivity (Wildman–Crippen MR) is 60.6 cm³/mol. The van der Waals surface area contributed by atoms with Crippen molar-refractivity contribution in [2.75, 3.05) is 35.5 Å². The third kappa shape index (κ3) is 2.73. The zero-order chi connectivity index (χ0) is 13.7. The van der Waals surface area contributed by atoms with E-state index in [4.69, 9.17) is 23.7 Å². The average molecular weight is 264 g/mol. The first-order valence-corrected chi connectivity index (χ1v) is 5.37. The van der Waals surface area contributed by atoms with Crippen molar-refractivity contribution >= 4 is 6.03 Å². The van der Waals surface area contributed by atoms with Gasteiger partial charge in [0.05, 0.1) is 0 Å². The molecule has 1 heterocycles. The first-order valence-electron chi connectivity index (χ1n) is 5.37. The molecule has 1 N–H and O–H groups in total. The van der Waals surface area contributed by atoms with Gasteiger partial charge in [-0.25, -0.2) is 4.79 Å². The highest BCUT2D eigenvalue weighted by molar-refractivity contribution is 5.77. The highest BCUT2D eigenvalue weighted by Crippen LogP contribution is 2.21. The van der Waals surface area contributed by atoms with Gasteiger partial charge in [0.1, 0.15) is 0 Å². The molecule has 2 amide bonds. The lowest BCUT2D eigenvalue weighted by Crippen LogP contribution is -2.52. The monoisotopic (exact) mass is 264 g/mol. The molecule has 18 heavy (non-hydrogen) atoms. The molecular weight excluding hydrogens is 244 g/mol. The Hall–Kier alpha value is -0.930. The lowest BCUT2D eigenvalue weighted by molar-refractivity contribution is -0.233. The van der Waals surface area contributed by atoms with Gasteiger partial charge in [-0.1, -0.05) is 0 Å². The third-order valence-corrected chi connectivity index (χ3v) is 2.74. The minimum Gasteiger partial charge on any atom is -0.357 e. The van der Waals surface area contributed by atoms with Crippen molar-refractivity contribution in [1.82, 2.24) is 10.2 Å². The highest BCUT2D eigenvalue weighted by Gasteiger charge is 2.46. The molecule has 0 aromatic rings. The second kappa shape index (κ2) is 6.86. The molecule has 0 bridgehead atoms. The minimum atomic E-state index is -0.745. The van der Waals surface area contributed by atoms with Crippen LogP contribution in [0.1, 0.15) is 0 Å². The second-order valence-corrected chi connectivity index (χ2v) is 3.61. The van der Waals surface area contributed by atoms with E-state index in [0.717, 1.165) is 0 Å². The van der Waals surface area contributed by atoms with Gasteiger partial charge in [-0.15, -0.1) is 0 Å². The summed E-state index contributed by atoms with van der Waals surface area (Å²) in [4.78, 5) is 13.3. The van der Waals surface area contributed by atoms with Gasteiger partial charge in [-0.2, -0.15) is 0 Å². The van der Waals surface area contributed by atoms with Crippen molar-refractivity contribution in [3.8, 4) is 0 Å². The number of carbonyl (C=O) groups excluding carboxylic acids is 1. The Morgan fingerprint density at radius 1 is 1.06 bits per heavy atom. The van der Waals surface area contributed by atoms with E-state index in [2.05, 4.69) is 5.32 Å². The average Bonchev–Trinajstić information content (AvgIpc) is 2.71. The summed E-state index contributed by atoms with van der Waals surface area (Å²) in [6.07, 6.45) is -2.67. The number of hydrogen-bond acceptors (Lipinski definition) is 6. The van der Waals surface area contributed by atoms with Gasteiger partial charge < -0.3 is 29.0 Å². The number of amides is 2. The number of rotatable bonds is 7. The van der Waals surface area contributed by atoms with E-state index < -0.39 is 25.0 Å². The van der Waals surface area contributed by atoms with Crippen LogP contribution in [0.3, 0.4) is 0 Å².